The number of carbonyl (C=O) groups excluding carboxylic acids is 1. The number of nitrogens with one attached hydrogen (secondary N) is 1. The van der Waals surface area contributed by atoms with Crippen LogP contribution >= 0.6 is 0 Å². The molecule has 20 heavy (non-hydrogen) atoms. The lowest BCUT2D eigenvalue weighted by molar-refractivity contribution is -0.108. The summed E-state index contributed by atoms with van der Waals surface area (Å²) in [5.74, 6) is -2.03. The Morgan fingerprint density at radius 1 is 1.30 bits per heavy atom. The number of rotatable bonds is 5. The van der Waals surface area contributed by atoms with Crippen molar-refractivity contribution in [2.24, 2.45) is 0 Å². The van der Waals surface area contributed by atoms with E-state index in [-0.39, 0.29) is 12.0 Å². The Morgan fingerprint density at radius 2 is 1.90 bits per heavy atom. The fraction of sp³-hybridized carbons (Fsp3) is 0.500. The maximum absolute atomic E-state index is 13.9. The molecule has 0 aliphatic heterocycles. The molecule has 1 rings (SSSR count). The molecule has 3 nitrogen and oxygen atoms in total. The van der Waals surface area contributed by atoms with E-state index in [4.69, 9.17) is 0 Å². The summed E-state index contributed by atoms with van der Waals surface area (Å²) in [6, 6.07) is 3.74. The molecule has 0 saturated carbocycles. The minimum Gasteiger partial charge on any atom is -0.598 e. The van der Waals surface area contributed by atoms with Gasteiger partial charge in [-0.3, -0.25) is 0 Å². The van der Waals surface area contributed by atoms with Gasteiger partial charge < -0.3 is 9.35 Å². The predicted octanol–water partition coefficient (Wildman–Crippen LogP) is 2.82. The van der Waals surface area contributed by atoms with E-state index in [1.807, 2.05) is 0 Å². The largest absolute Gasteiger partial charge is 0.598 e. The van der Waals surface area contributed by atoms with Gasteiger partial charge in [0.15, 0.2) is 11.6 Å². The average Bonchev–Trinajstić information content (AvgIpc) is 2.31. The Kier molecular flexibility index (Phi) is 5.29. The second kappa shape index (κ2) is 6.20. The molecule has 0 aromatic heterocycles. The van der Waals surface area contributed by atoms with Crippen molar-refractivity contribution < 1.29 is 18.1 Å². The monoisotopic (exact) mass is 303 g/mol. The molecular weight excluding hydrogens is 284 g/mol. The van der Waals surface area contributed by atoms with E-state index < -0.39 is 33.3 Å². The Morgan fingerprint density at radius 3 is 2.40 bits per heavy atom. The summed E-state index contributed by atoms with van der Waals surface area (Å²) in [7, 11) is 0. The van der Waals surface area contributed by atoms with Crippen molar-refractivity contribution in [1.29, 1.82) is 0 Å². The molecule has 0 aliphatic rings. The molecule has 1 aromatic carbocycles. The standard InChI is InChI=1S/C14H19F2NO2S/c1-13(2,3)20(19)17-14(4,8-9-18)10-6-5-7-11(15)12(10)16/h5-7,9,17H,8H2,1-4H3. The van der Waals surface area contributed by atoms with Gasteiger partial charge in [-0.25, -0.2) is 8.78 Å². The summed E-state index contributed by atoms with van der Waals surface area (Å²) in [6.45, 7) is 6.78. The van der Waals surface area contributed by atoms with Crippen molar-refractivity contribution in [2.75, 3.05) is 0 Å². The highest BCUT2D eigenvalue weighted by Gasteiger charge is 2.39. The molecule has 0 bridgehead atoms. The van der Waals surface area contributed by atoms with Crippen LogP contribution in [0.2, 0.25) is 0 Å². The number of aldehydes is 1. The second-order valence-corrected chi connectivity index (χ2v) is 7.75. The van der Waals surface area contributed by atoms with Crippen LogP contribution in [0.25, 0.3) is 0 Å². The third-order valence-electron chi connectivity index (χ3n) is 2.91. The Bertz CT molecular complexity index is 491. The maximum atomic E-state index is 13.9. The molecule has 0 aliphatic carbocycles. The Balaban J connectivity index is 3.21. The van der Waals surface area contributed by atoms with Crippen molar-refractivity contribution in [3.63, 3.8) is 0 Å². The first-order chi connectivity index (χ1) is 9.12. The molecule has 1 N–H and O–H groups in total. The van der Waals surface area contributed by atoms with Crippen LogP contribution in [0, 0.1) is 11.6 Å². The molecule has 0 fully saturated rings. The lowest BCUT2D eigenvalue weighted by Gasteiger charge is -2.34. The van der Waals surface area contributed by atoms with Crippen molar-refractivity contribution in [2.45, 2.75) is 44.4 Å². The van der Waals surface area contributed by atoms with Gasteiger partial charge in [0.2, 0.25) is 0 Å². The third-order valence-corrected chi connectivity index (χ3v) is 4.66. The van der Waals surface area contributed by atoms with Crippen molar-refractivity contribution in [3.8, 4) is 0 Å². The van der Waals surface area contributed by atoms with E-state index in [2.05, 4.69) is 4.72 Å². The molecule has 0 heterocycles. The van der Waals surface area contributed by atoms with Gasteiger partial charge in [0.05, 0.1) is 5.54 Å². The summed E-state index contributed by atoms with van der Waals surface area (Å²) in [4.78, 5) is 10.9. The first-order valence-electron chi connectivity index (χ1n) is 6.19. The zero-order valence-electron chi connectivity index (χ0n) is 12.0. The number of hydrogen-bond acceptors (Lipinski definition) is 3. The smallest absolute Gasteiger partial charge is 0.164 e. The summed E-state index contributed by atoms with van der Waals surface area (Å²) >= 11 is -1.52. The lowest BCUT2D eigenvalue weighted by Crippen LogP contribution is -2.50. The fourth-order valence-electron chi connectivity index (χ4n) is 1.66. The highest BCUT2D eigenvalue weighted by atomic mass is 32.2. The lowest BCUT2D eigenvalue weighted by atomic mass is 9.90. The highest BCUT2D eigenvalue weighted by Crippen LogP contribution is 2.30. The molecule has 0 radical (unpaired) electrons. The number of hydrogen-bond donors (Lipinski definition) is 1. The van der Waals surface area contributed by atoms with Crippen LogP contribution in [-0.4, -0.2) is 15.6 Å². The molecule has 0 amide bonds. The van der Waals surface area contributed by atoms with Gasteiger partial charge in [-0.1, -0.05) is 12.1 Å². The molecule has 0 saturated heterocycles. The molecule has 2 atom stereocenters. The van der Waals surface area contributed by atoms with E-state index in [9.17, 15) is 18.1 Å². The van der Waals surface area contributed by atoms with E-state index in [0.29, 0.717) is 6.29 Å². The fourth-order valence-corrected chi connectivity index (χ4v) is 2.57. The number of carbonyl (C=O) groups is 1. The minimum absolute atomic E-state index is 0.0119. The van der Waals surface area contributed by atoms with Gasteiger partial charge in [0.25, 0.3) is 0 Å². The number of benzene rings is 1. The topological polar surface area (TPSA) is 52.2 Å². The van der Waals surface area contributed by atoms with Gasteiger partial charge >= 0.3 is 0 Å². The molecule has 112 valence electrons. The van der Waals surface area contributed by atoms with Crippen LogP contribution in [0.1, 0.15) is 39.7 Å². The third kappa shape index (κ3) is 3.77. The van der Waals surface area contributed by atoms with Crippen molar-refractivity contribution in [1.82, 2.24) is 4.72 Å². The summed E-state index contributed by atoms with van der Waals surface area (Å²) in [5.41, 5.74) is -1.24. The first kappa shape index (κ1) is 17.1. The molecule has 1 aromatic rings. The van der Waals surface area contributed by atoms with E-state index >= 15 is 0 Å². The zero-order valence-corrected chi connectivity index (χ0v) is 12.8. The second-order valence-electron chi connectivity index (χ2n) is 5.79. The van der Waals surface area contributed by atoms with Crippen LogP contribution in [0.4, 0.5) is 8.78 Å². The molecule has 2 unspecified atom stereocenters. The molecular formula is C14H19F2NO2S. The predicted molar refractivity (Wildman–Crippen MR) is 75.4 cm³/mol. The van der Waals surface area contributed by atoms with Crippen LogP contribution in [0.3, 0.4) is 0 Å². The van der Waals surface area contributed by atoms with Gasteiger partial charge in [0, 0.05) is 23.3 Å². The summed E-state index contributed by atoms with van der Waals surface area (Å²) < 4.78 is 41.6. The Labute approximate surface area is 121 Å². The normalized spacial score (nSPS) is 16.6. The van der Waals surface area contributed by atoms with E-state index in [1.165, 1.54) is 19.1 Å². The highest BCUT2D eigenvalue weighted by molar-refractivity contribution is 7.90. The minimum atomic E-state index is -1.52. The van der Waals surface area contributed by atoms with E-state index in [0.717, 1.165) is 6.07 Å². The van der Waals surface area contributed by atoms with Gasteiger partial charge in [-0.05, 0) is 33.8 Å². The Hall–Kier alpha value is -0.980. The van der Waals surface area contributed by atoms with Crippen LogP contribution in [0.15, 0.2) is 18.2 Å². The van der Waals surface area contributed by atoms with E-state index in [1.54, 1.807) is 20.8 Å². The van der Waals surface area contributed by atoms with Gasteiger partial charge in [0.1, 0.15) is 11.0 Å². The van der Waals surface area contributed by atoms with Crippen molar-refractivity contribution >= 4 is 17.6 Å². The summed E-state index contributed by atoms with van der Waals surface area (Å²) in [5, 5.41) is 0. The van der Waals surface area contributed by atoms with Gasteiger partial charge in [-0.2, -0.15) is 0 Å². The molecule has 0 spiro atoms. The average molecular weight is 303 g/mol. The SMILES string of the molecule is CC(CC=O)(N[S+]([O-])C(C)(C)C)c1cccc(F)c1F. The maximum Gasteiger partial charge on any atom is 0.164 e. The quantitative estimate of drug-likeness (QED) is 0.672. The van der Waals surface area contributed by atoms with Crippen LogP contribution in [0.5, 0.6) is 0 Å². The zero-order chi connectivity index (χ0) is 15.6. The summed E-state index contributed by atoms with van der Waals surface area (Å²) in [6.07, 6.45) is 0.479. The molecule has 6 heteroatoms. The first-order valence-corrected chi connectivity index (χ1v) is 7.34. The van der Waals surface area contributed by atoms with Gasteiger partial charge in [-0.15, -0.1) is 4.72 Å². The van der Waals surface area contributed by atoms with Crippen LogP contribution < -0.4 is 4.72 Å². The number of halogens is 2. The van der Waals surface area contributed by atoms with Crippen molar-refractivity contribution in [3.05, 3.63) is 35.4 Å². The van der Waals surface area contributed by atoms with Crippen LogP contribution in [-0.2, 0) is 21.7 Å².